The van der Waals surface area contributed by atoms with Crippen LogP contribution in [0.25, 0.3) is 0 Å². The molecule has 0 rings (SSSR count). The van der Waals surface area contributed by atoms with Gasteiger partial charge in [0.1, 0.15) is 0 Å². The SMILES string of the molecule is CC(C)NC(C)CCC(N)=O.Cl. The largest absolute Gasteiger partial charge is 0.370 e. The number of halogens is 1. The molecule has 3 N–H and O–H groups in total. The van der Waals surface area contributed by atoms with Crippen molar-refractivity contribution in [3.05, 3.63) is 0 Å². The second-order valence-electron chi connectivity index (χ2n) is 3.23. The van der Waals surface area contributed by atoms with E-state index in [2.05, 4.69) is 26.1 Å². The topological polar surface area (TPSA) is 55.1 Å². The number of rotatable bonds is 5. The Morgan fingerprint density at radius 3 is 2.25 bits per heavy atom. The van der Waals surface area contributed by atoms with Gasteiger partial charge < -0.3 is 11.1 Å². The lowest BCUT2D eigenvalue weighted by Gasteiger charge is -2.15. The molecule has 0 fully saturated rings. The number of nitrogens with one attached hydrogen (secondary N) is 1. The number of hydrogen-bond acceptors (Lipinski definition) is 2. The van der Waals surface area contributed by atoms with Gasteiger partial charge in [0, 0.05) is 18.5 Å². The number of amides is 1. The van der Waals surface area contributed by atoms with Gasteiger partial charge in [-0.05, 0) is 13.3 Å². The fourth-order valence-corrected chi connectivity index (χ4v) is 1.01. The van der Waals surface area contributed by atoms with E-state index in [-0.39, 0.29) is 18.3 Å². The average molecular weight is 195 g/mol. The van der Waals surface area contributed by atoms with Crippen LogP contribution < -0.4 is 11.1 Å². The highest BCUT2D eigenvalue weighted by Gasteiger charge is 2.04. The molecular weight excluding hydrogens is 176 g/mol. The molecule has 0 aromatic heterocycles. The Labute approximate surface area is 80.5 Å². The Kier molecular flexibility index (Phi) is 8.76. The standard InChI is InChI=1S/C8H18N2O.ClH/c1-6(2)10-7(3)4-5-8(9)11;/h6-7,10H,4-5H2,1-3H3,(H2,9,11);1H. The third-order valence-electron chi connectivity index (χ3n) is 1.44. The summed E-state index contributed by atoms with van der Waals surface area (Å²) in [6.45, 7) is 6.23. The predicted molar refractivity (Wildman–Crippen MR) is 53.4 cm³/mol. The molecule has 0 aliphatic heterocycles. The van der Waals surface area contributed by atoms with Gasteiger partial charge in [0.2, 0.25) is 5.91 Å². The van der Waals surface area contributed by atoms with Crippen LogP contribution in [0, 0.1) is 0 Å². The summed E-state index contributed by atoms with van der Waals surface area (Å²) in [6.07, 6.45) is 1.30. The molecule has 0 heterocycles. The van der Waals surface area contributed by atoms with Crippen LogP contribution in [0.5, 0.6) is 0 Å². The summed E-state index contributed by atoms with van der Waals surface area (Å²) in [5.74, 6) is -0.220. The van der Waals surface area contributed by atoms with Crippen molar-refractivity contribution in [2.75, 3.05) is 0 Å². The summed E-state index contributed by atoms with van der Waals surface area (Å²) in [5, 5.41) is 3.29. The molecule has 4 heteroatoms. The van der Waals surface area contributed by atoms with E-state index in [9.17, 15) is 4.79 Å². The van der Waals surface area contributed by atoms with Crippen molar-refractivity contribution in [1.82, 2.24) is 5.32 Å². The second kappa shape index (κ2) is 7.37. The number of primary amides is 1. The number of carbonyl (C=O) groups excluding carboxylic acids is 1. The monoisotopic (exact) mass is 194 g/mol. The smallest absolute Gasteiger partial charge is 0.217 e. The van der Waals surface area contributed by atoms with Crippen molar-refractivity contribution in [2.45, 2.75) is 45.7 Å². The first-order valence-corrected chi connectivity index (χ1v) is 4.06. The van der Waals surface area contributed by atoms with E-state index in [1.165, 1.54) is 0 Å². The van der Waals surface area contributed by atoms with Gasteiger partial charge in [-0.2, -0.15) is 0 Å². The Balaban J connectivity index is 0. The second-order valence-corrected chi connectivity index (χ2v) is 3.23. The van der Waals surface area contributed by atoms with E-state index in [0.717, 1.165) is 6.42 Å². The molecule has 0 aliphatic rings. The summed E-state index contributed by atoms with van der Waals surface area (Å²) < 4.78 is 0. The molecule has 1 unspecified atom stereocenters. The van der Waals surface area contributed by atoms with Crippen LogP contribution in [0.1, 0.15) is 33.6 Å². The maximum atomic E-state index is 10.4. The number of hydrogen-bond donors (Lipinski definition) is 2. The van der Waals surface area contributed by atoms with Gasteiger partial charge in [0.25, 0.3) is 0 Å². The first-order chi connectivity index (χ1) is 5.02. The van der Waals surface area contributed by atoms with Gasteiger partial charge in [0.15, 0.2) is 0 Å². The minimum absolute atomic E-state index is 0. The van der Waals surface area contributed by atoms with Crippen LogP contribution in [0.2, 0.25) is 0 Å². The van der Waals surface area contributed by atoms with E-state index >= 15 is 0 Å². The minimum Gasteiger partial charge on any atom is -0.370 e. The maximum absolute atomic E-state index is 10.4. The molecule has 0 saturated heterocycles. The highest BCUT2D eigenvalue weighted by molar-refractivity contribution is 5.85. The molecule has 1 atom stereocenters. The van der Waals surface area contributed by atoms with Crippen molar-refractivity contribution in [3.8, 4) is 0 Å². The highest BCUT2D eigenvalue weighted by atomic mass is 35.5. The van der Waals surface area contributed by atoms with Crippen LogP contribution >= 0.6 is 12.4 Å². The van der Waals surface area contributed by atoms with Gasteiger partial charge in [-0.3, -0.25) is 4.79 Å². The summed E-state index contributed by atoms with van der Waals surface area (Å²) in [4.78, 5) is 10.4. The van der Waals surface area contributed by atoms with E-state index in [0.29, 0.717) is 18.5 Å². The molecule has 0 bridgehead atoms. The van der Waals surface area contributed by atoms with Crippen molar-refractivity contribution < 1.29 is 4.79 Å². The zero-order chi connectivity index (χ0) is 8.85. The molecule has 0 spiro atoms. The summed E-state index contributed by atoms with van der Waals surface area (Å²) in [5.41, 5.74) is 5.00. The molecule has 0 aromatic carbocycles. The van der Waals surface area contributed by atoms with Gasteiger partial charge in [0.05, 0.1) is 0 Å². The fraction of sp³-hybridized carbons (Fsp3) is 0.875. The van der Waals surface area contributed by atoms with Crippen LogP contribution in [0.4, 0.5) is 0 Å². The minimum atomic E-state index is -0.220. The highest BCUT2D eigenvalue weighted by Crippen LogP contribution is 1.96. The lowest BCUT2D eigenvalue weighted by Crippen LogP contribution is -2.33. The van der Waals surface area contributed by atoms with Gasteiger partial charge in [-0.15, -0.1) is 12.4 Å². The number of nitrogens with two attached hydrogens (primary N) is 1. The van der Waals surface area contributed by atoms with E-state index in [1.54, 1.807) is 0 Å². The van der Waals surface area contributed by atoms with Crippen molar-refractivity contribution in [2.24, 2.45) is 5.73 Å². The van der Waals surface area contributed by atoms with Crippen LogP contribution in [-0.2, 0) is 4.79 Å². The summed E-state index contributed by atoms with van der Waals surface area (Å²) >= 11 is 0. The Morgan fingerprint density at radius 2 is 1.92 bits per heavy atom. The normalized spacial score (nSPS) is 12.3. The lowest BCUT2D eigenvalue weighted by atomic mass is 10.1. The first kappa shape index (κ1) is 14.3. The molecule has 0 aromatic rings. The van der Waals surface area contributed by atoms with Crippen LogP contribution in [0.15, 0.2) is 0 Å². The molecule has 1 amide bonds. The predicted octanol–water partition coefficient (Wildman–Crippen LogP) is 1.06. The first-order valence-electron chi connectivity index (χ1n) is 4.06. The van der Waals surface area contributed by atoms with E-state index in [4.69, 9.17) is 5.73 Å². The Morgan fingerprint density at radius 1 is 1.42 bits per heavy atom. The molecule has 0 saturated carbocycles. The zero-order valence-electron chi connectivity index (χ0n) is 7.96. The van der Waals surface area contributed by atoms with Gasteiger partial charge >= 0.3 is 0 Å². The quantitative estimate of drug-likeness (QED) is 0.688. The van der Waals surface area contributed by atoms with E-state index in [1.807, 2.05) is 0 Å². The zero-order valence-corrected chi connectivity index (χ0v) is 8.78. The average Bonchev–Trinajstić information content (AvgIpc) is 1.82. The Bertz CT molecular complexity index is 128. The molecule has 12 heavy (non-hydrogen) atoms. The Hall–Kier alpha value is -0.280. The van der Waals surface area contributed by atoms with Crippen molar-refractivity contribution >= 4 is 18.3 Å². The molecule has 74 valence electrons. The van der Waals surface area contributed by atoms with Crippen molar-refractivity contribution in [3.63, 3.8) is 0 Å². The molecule has 3 nitrogen and oxygen atoms in total. The summed E-state index contributed by atoms with van der Waals surface area (Å²) in [6, 6.07) is 0.848. The van der Waals surface area contributed by atoms with Crippen molar-refractivity contribution in [1.29, 1.82) is 0 Å². The van der Waals surface area contributed by atoms with Crippen LogP contribution in [0.3, 0.4) is 0 Å². The lowest BCUT2D eigenvalue weighted by molar-refractivity contribution is -0.118. The molecule has 0 radical (unpaired) electrons. The third kappa shape index (κ3) is 9.72. The number of carbonyl (C=O) groups is 1. The summed E-state index contributed by atoms with van der Waals surface area (Å²) in [7, 11) is 0. The van der Waals surface area contributed by atoms with Gasteiger partial charge in [-0.25, -0.2) is 0 Å². The molecular formula is C8H19ClN2O. The van der Waals surface area contributed by atoms with Crippen LogP contribution in [-0.4, -0.2) is 18.0 Å². The van der Waals surface area contributed by atoms with E-state index < -0.39 is 0 Å². The fourth-order valence-electron chi connectivity index (χ4n) is 1.01. The third-order valence-corrected chi connectivity index (χ3v) is 1.44. The molecule has 0 aliphatic carbocycles. The van der Waals surface area contributed by atoms with Gasteiger partial charge in [-0.1, -0.05) is 13.8 Å². The maximum Gasteiger partial charge on any atom is 0.217 e.